The third-order valence-corrected chi connectivity index (χ3v) is 5.35. The van der Waals surface area contributed by atoms with Crippen LogP contribution in [0.1, 0.15) is 30.4 Å². The first-order valence-corrected chi connectivity index (χ1v) is 8.18. The van der Waals surface area contributed by atoms with E-state index in [0.29, 0.717) is 24.2 Å². The van der Waals surface area contributed by atoms with Crippen LogP contribution in [-0.4, -0.2) is 38.0 Å². The molecule has 0 unspecified atom stereocenters. The molecule has 0 radical (unpaired) electrons. The number of hydrogen-bond donors (Lipinski definition) is 2. The van der Waals surface area contributed by atoms with Crippen molar-refractivity contribution in [2.45, 2.75) is 38.0 Å². The van der Waals surface area contributed by atoms with E-state index in [1.165, 1.54) is 4.31 Å². The SMILES string of the molecule is Cc1cc(N)c(C)c(S(=O)(=O)N(C)CCCCCO)c1. The van der Waals surface area contributed by atoms with Gasteiger partial charge in [0.15, 0.2) is 0 Å². The molecule has 0 aliphatic heterocycles. The molecule has 6 heteroatoms. The average Bonchev–Trinajstić information content (AvgIpc) is 2.38. The van der Waals surface area contributed by atoms with Crippen LogP contribution in [0, 0.1) is 13.8 Å². The van der Waals surface area contributed by atoms with Crippen molar-refractivity contribution in [2.75, 3.05) is 25.9 Å². The van der Waals surface area contributed by atoms with Gasteiger partial charge in [-0.15, -0.1) is 0 Å². The maximum atomic E-state index is 12.5. The van der Waals surface area contributed by atoms with E-state index >= 15 is 0 Å². The number of unbranched alkanes of at least 4 members (excludes halogenated alkanes) is 2. The van der Waals surface area contributed by atoms with Gasteiger partial charge in [0.1, 0.15) is 0 Å². The Morgan fingerprint density at radius 3 is 2.45 bits per heavy atom. The number of aliphatic hydroxyl groups is 1. The lowest BCUT2D eigenvalue weighted by atomic mass is 10.1. The molecule has 1 aromatic rings. The van der Waals surface area contributed by atoms with Crippen LogP contribution >= 0.6 is 0 Å². The molecule has 0 saturated heterocycles. The predicted octanol–water partition coefficient (Wildman–Crippen LogP) is 1.67. The van der Waals surface area contributed by atoms with E-state index in [1.807, 2.05) is 6.92 Å². The fourth-order valence-electron chi connectivity index (χ4n) is 2.03. The number of benzene rings is 1. The number of hydrogen-bond acceptors (Lipinski definition) is 4. The second-order valence-electron chi connectivity index (χ2n) is 5.09. The molecule has 0 aliphatic rings. The smallest absolute Gasteiger partial charge is 0.243 e. The first-order chi connectivity index (χ1) is 9.30. The van der Waals surface area contributed by atoms with Gasteiger partial charge in [0.05, 0.1) is 4.90 Å². The summed E-state index contributed by atoms with van der Waals surface area (Å²) in [6.45, 7) is 4.14. The van der Waals surface area contributed by atoms with Crippen LogP contribution in [0.2, 0.25) is 0 Å². The van der Waals surface area contributed by atoms with E-state index in [-0.39, 0.29) is 11.5 Å². The van der Waals surface area contributed by atoms with Gasteiger partial charge in [0.25, 0.3) is 0 Å². The molecule has 0 aromatic heterocycles. The standard InChI is InChI=1S/C14H24N2O3S/c1-11-9-13(15)12(2)14(10-11)20(18,19)16(3)7-5-4-6-8-17/h9-10,17H,4-8,15H2,1-3H3. The number of aryl methyl sites for hydroxylation is 1. The third-order valence-electron chi connectivity index (χ3n) is 3.36. The largest absolute Gasteiger partial charge is 0.398 e. The van der Waals surface area contributed by atoms with Crippen LogP contribution in [0.15, 0.2) is 17.0 Å². The number of rotatable bonds is 7. The molecule has 0 amide bonds. The Balaban J connectivity index is 2.93. The Bertz CT molecular complexity index is 556. The van der Waals surface area contributed by atoms with Crippen molar-refractivity contribution in [2.24, 2.45) is 0 Å². The lowest BCUT2D eigenvalue weighted by Crippen LogP contribution is -2.28. The first kappa shape index (κ1) is 16.9. The molecule has 3 N–H and O–H groups in total. The van der Waals surface area contributed by atoms with Crippen LogP contribution in [0.4, 0.5) is 5.69 Å². The quantitative estimate of drug-likeness (QED) is 0.592. The second-order valence-corrected chi connectivity index (χ2v) is 7.10. The van der Waals surface area contributed by atoms with Crippen molar-refractivity contribution in [1.82, 2.24) is 4.31 Å². The topological polar surface area (TPSA) is 83.6 Å². The molecule has 0 saturated carbocycles. The highest BCUT2D eigenvalue weighted by Crippen LogP contribution is 2.25. The Morgan fingerprint density at radius 1 is 1.20 bits per heavy atom. The molecule has 114 valence electrons. The molecule has 0 heterocycles. The van der Waals surface area contributed by atoms with Crippen molar-refractivity contribution in [3.05, 3.63) is 23.3 Å². The van der Waals surface area contributed by atoms with Gasteiger partial charge in [0, 0.05) is 25.9 Å². The van der Waals surface area contributed by atoms with Gasteiger partial charge in [-0.25, -0.2) is 12.7 Å². The summed E-state index contributed by atoms with van der Waals surface area (Å²) >= 11 is 0. The molecule has 0 atom stereocenters. The summed E-state index contributed by atoms with van der Waals surface area (Å²) in [5, 5.41) is 8.72. The van der Waals surface area contributed by atoms with Gasteiger partial charge in [-0.3, -0.25) is 0 Å². The Morgan fingerprint density at radius 2 is 1.85 bits per heavy atom. The lowest BCUT2D eigenvalue weighted by Gasteiger charge is -2.19. The number of aliphatic hydroxyl groups excluding tert-OH is 1. The van der Waals surface area contributed by atoms with Crippen molar-refractivity contribution < 1.29 is 13.5 Å². The van der Waals surface area contributed by atoms with Gasteiger partial charge < -0.3 is 10.8 Å². The molecular formula is C14H24N2O3S. The molecule has 0 spiro atoms. The Hall–Kier alpha value is -1.11. The van der Waals surface area contributed by atoms with Crippen molar-refractivity contribution in [3.63, 3.8) is 0 Å². The van der Waals surface area contributed by atoms with Gasteiger partial charge >= 0.3 is 0 Å². The number of nitrogen functional groups attached to an aromatic ring is 1. The summed E-state index contributed by atoms with van der Waals surface area (Å²) in [7, 11) is -1.94. The number of anilines is 1. The zero-order valence-electron chi connectivity index (χ0n) is 12.4. The van der Waals surface area contributed by atoms with Crippen LogP contribution in [-0.2, 0) is 10.0 Å². The minimum absolute atomic E-state index is 0.143. The molecule has 20 heavy (non-hydrogen) atoms. The number of nitrogens with zero attached hydrogens (tertiary/aromatic N) is 1. The highest BCUT2D eigenvalue weighted by molar-refractivity contribution is 7.89. The highest BCUT2D eigenvalue weighted by Gasteiger charge is 2.23. The minimum atomic E-state index is -3.51. The number of nitrogens with two attached hydrogens (primary N) is 1. The predicted molar refractivity (Wildman–Crippen MR) is 81.1 cm³/mol. The van der Waals surface area contributed by atoms with Crippen molar-refractivity contribution in [3.8, 4) is 0 Å². The van der Waals surface area contributed by atoms with Crippen LogP contribution in [0.25, 0.3) is 0 Å². The van der Waals surface area contributed by atoms with Crippen LogP contribution in [0.3, 0.4) is 0 Å². The summed E-state index contributed by atoms with van der Waals surface area (Å²) in [5.41, 5.74) is 7.77. The number of sulfonamides is 1. The van der Waals surface area contributed by atoms with E-state index in [9.17, 15) is 8.42 Å². The summed E-state index contributed by atoms with van der Waals surface area (Å²) in [5.74, 6) is 0. The van der Waals surface area contributed by atoms with E-state index in [1.54, 1.807) is 26.1 Å². The second kappa shape index (κ2) is 7.06. The van der Waals surface area contributed by atoms with Gasteiger partial charge in [-0.05, 0) is 56.4 Å². The zero-order valence-corrected chi connectivity index (χ0v) is 13.2. The molecule has 0 bridgehead atoms. The average molecular weight is 300 g/mol. The summed E-state index contributed by atoms with van der Waals surface area (Å²) in [4.78, 5) is 0.277. The van der Waals surface area contributed by atoms with Gasteiger partial charge in [-0.2, -0.15) is 0 Å². The van der Waals surface area contributed by atoms with Crippen LogP contribution < -0.4 is 5.73 Å². The maximum Gasteiger partial charge on any atom is 0.243 e. The first-order valence-electron chi connectivity index (χ1n) is 6.74. The van der Waals surface area contributed by atoms with Crippen LogP contribution in [0.5, 0.6) is 0 Å². The fraction of sp³-hybridized carbons (Fsp3) is 0.571. The molecule has 0 aliphatic carbocycles. The summed E-state index contributed by atoms with van der Waals surface area (Å²) in [6, 6.07) is 3.43. The molecular weight excluding hydrogens is 276 g/mol. The lowest BCUT2D eigenvalue weighted by molar-refractivity contribution is 0.281. The summed E-state index contributed by atoms with van der Waals surface area (Å²) in [6.07, 6.45) is 2.24. The van der Waals surface area contributed by atoms with E-state index in [4.69, 9.17) is 10.8 Å². The third kappa shape index (κ3) is 3.94. The molecule has 1 aromatic carbocycles. The van der Waals surface area contributed by atoms with E-state index < -0.39 is 10.0 Å². The van der Waals surface area contributed by atoms with Crippen molar-refractivity contribution >= 4 is 15.7 Å². The molecule has 1 rings (SSSR count). The van der Waals surface area contributed by atoms with Gasteiger partial charge in [0.2, 0.25) is 10.0 Å². The normalized spacial score (nSPS) is 12.1. The minimum Gasteiger partial charge on any atom is -0.398 e. The van der Waals surface area contributed by atoms with E-state index in [2.05, 4.69) is 0 Å². The zero-order chi connectivity index (χ0) is 15.3. The fourth-order valence-corrected chi connectivity index (χ4v) is 3.58. The Kier molecular flexibility index (Phi) is 5.98. The monoisotopic (exact) mass is 300 g/mol. The summed E-state index contributed by atoms with van der Waals surface area (Å²) < 4.78 is 26.4. The highest BCUT2D eigenvalue weighted by atomic mass is 32.2. The van der Waals surface area contributed by atoms with Crippen molar-refractivity contribution in [1.29, 1.82) is 0 Å². The Labute approximate surface area is 121 Å². The molecule has 5 nitrogen and oxygen atoms in total. The van der Waals surface area contributed by atoms with Gasteiger partial charge in [-0.1, -0.05) is 0 Å². The maximum absolute atomic E-state index is 12.5. The van der Waals surface area contributed by atoms with E-state index in [0.717, 1.165) is 18.4 Å². The molecule has 0 fully saturated rings.